The second-order valence-corrected chi connectivity index (χ2v) is 8.25. The number of carbonyl (C=O) groups is 1. The van der Waals surface area contributed by atoms with E-state index in [9.17, 15) is 4.79 Å². The highest BCUT2D eigenvalue weighted by Gasteiger charge is 2.40. The lowest BCUT2D eigenvalue weighted by atomic mass is 9.63. The SMILES string of the molecule is CCCC(C)(N)C(=O)NC1CC(C)(C)CC(C)(C)C1. The third-order valence-corrected chi connectivity index (χ3v) is 4.18. The van der Waals surface area contributed by atoms with Crippen molar-refractivity contribution in [2.45, 2.75) is 85.2 Å². The zero-order valence-electron chi connectivity index (χ0n) is 13.6. The van der Waals surface area contributed by atoms with E-state index in [1.54, 1.807) is 0 Å². The van der Waals surface area contributed by atoms with E-state index in [4.69, 9.17) is 5.73 Å². The maximum Gasteiger partial charge on any atom is 0.240 e. The van der Waals surface area contributed by atoms with E-state index in [0.29, 0.717) is 0 Å². The molecule has 0 spiro atoms. The summed E-state index contributed by atoms with van der Waals surface area (Å²) in [5.74, 6) is 0.00727. The van der Waals surface area contributed by atoms with E-state index in [0.717, 1.165) is 25.7 Å². The molecule has 1 fully saturated rings. The van der Waals surface area contributed by atoms with Crippen molar-refractivity contribution < 1.29 is 4.79 Å². The molecule has 1 atom stereocenters. The molecule has 3 N–H and O–H groups in total. The molecule has 0 aromatic rings. The fourth-order valence-corrected chi connectivity index (χ4v) is 3.93. The fourth-order valence-electron chi connectivity index (χ4n) is 3.93. The molecule has 112 valence electrons. The minimum atomic E-state index is -0.736. The Kier molecular flexibility index (Phi) is 4.71. The molecule has 1 aliphatic rings. The second-order valence-electron chi connectivity index (χ2n) is 8.25. The van der Waals surface area contributed by atoms with Crippen LogP contribution in [0.5, 0.6) is 0 Å². The van der Waals surface area contributed by atoms with Gasteiger partial charge in [0.05, 0.1) is 5.54 Å². The van der Waals surface area contributed by atoms with Crippen LogP contribution in [0.3, 0.4) is 0 Å². The van der Waals surface area contributed by atoms with Gasteiger partial charge < -0.3 is 11.1 Å². The summed E-state index contributed by atoms with van der Waals surface area (Å²) in [7, 11) is 0. The van der Waals surface area contributed by atoms with Gasteiger partial charge in [-0.05, 0) is 43.4 Å². The monoisotopic (exact) mass is 268 g/mol. The maximum absolute atomic E-state index is 12.3. The van der Waals surface area contributed by atoms with E-state index >= 15 is 0 Å². The van der Waals surface area contributed by atoms with Crippen molar-refractivity contribution in [2.24, 2.45) is 16.6 Å². The smallest absolute Gasteiger partial charge is 0.240 e. The predicted molar refractivity (Wildman–Crippen MR) is 80.8 cm³/mol. The van der Waals surface area contributed by atoms with Crippen molar-refractivity contribution in [3.8, 4) is 0 Å². The Morgan fingerprint density at radius 1 is 1.26 bits per heavy atom. The number of amides is 1. The summed E-state index contributed by atoms with van der Waals surface area (Å²) in [4.78, 5) is 12.3. The van der Waals surface area contributed by atoms with E-state index in [1.165, 1.54) is 6.42 Å². The molecule has 1 aliphatic carbocycles. The summed E-state index contributed by atoms with van der Waals surface area (Å²) in [6, 6.07) is 0.256. The average molecular weight is 268 g/mol. The molecule has 3 heteroatoms. The standard InChI is InChI=1S/C16H32N2O/c1-7-8-16(6,17)13(19)18-12-9-14(2,3)11-15(4,5)10-12/h12H,7-11,17H2,1-6H3,(H,18,19). The lowest BCUT2D eigenvalue weighted by Gasteiger charge is -2.45. The first-order valence-corrected chi connectivity index (χ1v) is 7.57. The quantitative estimate of drug-likeness (QED) is 0.822. The summed E-state index contributed by atoms with van der Waals surface area (Å²) in [6.45, 7) is 13.1. The third-order valence-electron chi connectivity index (χ3n) is 4.18. The molecular weight excluding hydrogens is 236 g/mol. The molecule has 0 saturated heterocycles. The highest BCUT2D eigenvalue weighted by molar-refractivity contribution is 5.85. The van der Waals surface area contributed by atoms with Gasteiger partial charge in [0.1, 0.15) is 0 Å². The van der Waals surface area contributed by atoms with Crippen LogP contribution in [0.2, 0.25) is 0 Å². The van der Waals surface area contributed by atoms with Gasteiger partial charge >= 0.3 is 0 Å². The molecule has 1 rings (SSSR count). The van der Waals surface area contributed by atoms with Gasteiger partial charge in [0.25, 0.3) is 0 Å². The van der Waals surface area contributed by atoms with Crippen LogP contribution in [0.1, 0.15) is 73.6 Å². The first-order valence-electron chi connectivity index (χ1n) is 7.57. The van der Waals surface area contributed by atoms with Crippen molar-refractivity contribution in [3.63, 3.8) is 0 Å². The van der Waals surface area contributed by atoms with Crippen LogP contribution < -0.4 is 11.1 Å². The second kappa shape index (κ2) is 5.43. The zero-order chi connectivity index (χ0) is 14.9. The molecule has 1 saturated carbocycles. The van der Waals surface area contributed by atoms with Gasteiger partial charge in [-0.15, -0.1) is 0 Å². The molecule has 0 aromatic carbocycles. The predicted octanol–water partition coefficient (Wildman–Crippen LogP) is 3.23. The van der Waals surface area contributed by atoms with E-state index < -0.39 is 5.54 Å². The number of hydrogen-bond donors (Lipinski definition) is 2. The maximum atomic E-state index is 12.3. The Balaban J connectivity index is 2.69. The van der Waals surface area contributed by atoms with E-state index in [1.807, 2.05) is 6.92 Å². The van der Waals surface area contributed by atoms with Crippen LogP contribution in [0.15, 0.2) is 0 Å². The Labute approximate surface area is 118 Å². The van der Waals surface area contributed by atoms with Crippen LogP contribution in [-0.2, 0) is 4.79 Å². The lowest BCUT2D eigenvalue weighted by Crippen LogP contribution is -2.56. The number of carbonyl (C=O) groups excluding carboxylic acids is 1. The van der Waals surface area contributed by atoms with Crippen molar-refractivity contribution >= 4 is 5.91 Å². The summed E-state index contributed by atoms with van der Waals surface area (Å²) in [5.41, 5.74) is 5.95. The fraction of sp³-hybridized carbons (Fsp3) is 0.938. The van der Waals surface area contributed by atoms with Gasteiger partial charge in [-0.3, -0.25) is 4.79 Å². The Morgan fingerprint density at radius 3 is 2.16 bits per heavy atom. The first kappa shape index (κ1) is 16.5. The van der Waals surface area contributed by atoms with Gasteiger partial charge in [-0.25, -0.2) is 0 Å². The largest absolute Gasteiger partial charge is 0.352 e. The molecule has 1 unspecified atom stereocenters. The number of hydrogen-bond acceptors (Lipinski definition) is 2. The molecular formula is C16H32N2O. The van der Waals surface area contributed by atoms with E-state index in [-0.39, 0.29) is 22.8 Å². The minimum Gasteiger partial charge on any atom is -0.352 e. The molecule has 0 aromatic heterocycles. The lowest BCUT2D eigenvalue weighted by molar-refractivity contribution is -0.127. The van der Waals surface area contributed by atoms with Gasteiger partial charge in [-0.1, -0.05) is 41.0 Å². The number of nitrogens with two attached hydrogens (primary N) is 1. The van der Waals surface area contributed by atoms with Gasteiger partial charge in [-0.2, -0.15) is 0 Å². The van der Waals surface area contributed by atoms with Crippen molar-refractivity contribution in [3.05, 3.63) is 0 Å². The molecule has 1 amide bonds. The highest BCUT2D eigenvalue weighted by Crippen LogP contribution is 2.45. The van der Waals surface area contributed by atoms with Crippen molar-refractivity contribution in [2.75, 3.05) is 0 Å². The number of rotatable bonds is 4. The van der Waals surface area contributed by atoms with Crippen LogP contribution in [0.4, 0.5) is 0 Å². The first-order chi connectivity index (χ1) is 8.47. The minimum absolute atomic E-state index is 0.00727. The van der Waals surface area contributed by atoms with Crippen LogP contribution in [0.25, 0.3) is 0 Å². The Morgan fingerprint density at radius 2 is 1.74 bits per heavy atom. The van der Waals surface area contributed by atoms with Crippen molar-refractivity contribution in [1.29, 1.82) is 0 Å². The molecule has 0 bridgehead atoms. The molecule has 0 radical (unpaired) electrons. The van der Waals surface area contributed by atoms with E-state index in [2.05, 4.69) is 39.9 Å². The Hall–Kier alpha value is -0.570. The third kappa shape index (κ3) is 4.79. The Bertz CT molecular complexity index is 316. The molecule has 19 heavy (non-hydrogen) atoms. The van der Waals surface area contributed by atoms with Gasteiger partial charge in [0.15, 0.2) is 0 Å². The summed E-state index contributed by atoms with van der Waals surface area (Å²) >= 11 is 0. The van der Waals surface area contributed by atoms with Crippen molar-refractivity contribution in [1.82, 2.24) is 5.32 Å². The number of nitrogens with one attached hydrogen (secondary N) is 1. The normalized spacial score (nSPS) is 25.6. The molecule has 0 aliphatic heterocycles. The molecule has 0 heterocycles. The molecule has 3 nitrogen and oxygen atoms in total. The van der Waals surface area contributed by atoms with Crippen LogP contribution in [-0.4, -0.2) is 17.5 Å². The van der Waals surface area contributed by atoms with Gasteiger partial charge in [0.2, 0.25) is 5.91 Å². The summed E-state index contributed by atoms with van der Waals surface area (Å²) in [5, 5.41) is 3.19. The highest BCUT2D eigenvalue weighted by atomic mass is 16.2. The summed E-state index contributed by atoms with van der Waals surface area (Å²) in [6.07, 6.45) is 4.97. The average Bonchev–Trinajstić information content (AvgIpc) is 2.11. The topological polar surface area (TPSA) is 55.1 Å². The van der Waals surface area contributed by atoms with Crippen LogP contribution in [0, 0.1) is 10.8 Å². The zero-order valence-corrected chi connectivity index (χ0v) is 13.6. The van der Waals surface area contributed by atoms with Crippen LogP contribution >= 0.6 is 0 Å². The summed E-state index contributed by atoms with van der Waals surface area (Å²) < 4.78 is 0. The van der Waals surface area contributed by atoms with Gasteiger partial charge in [0, 0.05) is 6.04 Å².